The van der Waals surface area contributed by atoms with Gasteiger partial charge in [0.25, 0.3) is 0 Å². The van der Waals surface area contributed by atoms with Crippen LogP contribution in [0.2, 0.25) is 0 Å². The Labute approximate surface area is 209 Å². The smallest absolute Gasteiger partial charge is 0.191 e. The van der Waals surface area contributed by atoms with Gasteiger partial charge in [-0.1, -0.05) is 77.0 Å². The lowest BCUT2D eigenvalue weighted by Gasteiger charge is -2.29. The van der Waals surface area contributed by atoms with E-state index in [1.54, 1.807) is 0 Å². The predicted octanol–water partition coefficient (Wildman–Crippen LogP) is 5.39. The predicted molar refractivity (Wildman–Crippen MR) is 145 cm³/mol. The minimum absolute atomic E-state index is 0.493. The van der Waals surface area contributed by atoms with E-state index in [9.17, 15) is 0 Å². The van der Waals surface area contributed by atoms with Crippen molar-refractivity contribution in [1.82, 2.24) is 21.3 Å². The van der Waals surface area contributed by atoms with Crippen molar-refractivity contribution in [2.75, 3.05) is 13.1 Å². The SMILES string of the molecule is C1CCC(N=C(NCCN=C(NC2CCCCC2)NC2CCCCC2)NC2CCCCC2)CC1. The topological polar surface area (TPSA) is 72.8 Å². The van der Waals surface area contributed by atoms with E-state index in [0.29, 0.717) is 24.2 Å². The van der Waals surface area contributed by atoms with Gasteiger partial charge in [0.1, 0.15) is 0 Å². The molecule has 4 fully saturated rings. The maximum Gasteiger partial charge on any atom is 0.191 e. The van der Waals surface area contributed by atoms with Crippen LogP contribution in [-0.2, 0) is 0 Å². The standard InChI is InChI=1S/C28H52N6/c1-5-13-23(14-6-1)31-27(32-24-15-7-2-8-16-24)29-21-22-30-28(33-25-17-9-3-10-18-25)34-26-19-11-4-12-20-26/h23-26H,1-22H2,(H2,29,31,32)(H2,30,33,34). The molecule has 0 spiro atoms. The third kappa shape index (κ3) is 9.30. The average molecular weight is 473 g/mol. The Morgan fingerprint density at radius 2 is 0.912 bits per heavy atom. The lowest BCUT2D eigenvalue weighted by atomic mass is 9.95. The maximum atomic E-state index is 5.15. The Hall–Kier alpha value is -1.46. The van der Waals surface area contributed by atoms with Gasteiger partial charge >= 0.3 is 0 Å². The van der Waals surface area contributed by atoms with E-state index < -0.39 is 0 Å². The Morgan fingerprint density at radius 3 is 1.38 bits per heavy atom. The summed E-state index contributed by atoms with van der Waals surface area (Å²) in [7, 11) is 0. The van der Waals surface area contributed by atoms with Crippen molar-refractivity contribution in [3.05, 3.63) is 0 Å². The van der Waals surface area contributed by atoms with E-state index in [4.69, 9.17) is 9.98 Å². The fourth-order valence-corrected chi connectivity index (χ4v) is 6.32. The summed E-state index contributed by atoms with van der Waals surface area (Å²) in [5, 5.41) is 15.0. The van der Waals surface area contributed by atoms with Crippen molar-refractivity contribution < 1.29 is 0 Å². The first-order chi connectivity index (χ1) is 16.8. The first-order valence-corrected chi connectivity index (χ1v) is 15.0. The molecule has 6 nitrogen and oxygen atoms in total. The van der Waals surface area contributed by atoms with Crippen LogP contribution in [0.3, 0.4) is 0 Å². The molecule has 0 aromatic carbocycles. The molecular formula is C28H52N6. The first-order valence-electron chi connectivity index (χ1n) is 15.0. The number of nitrogens with one attached hydrogen (secondary N) is 4. The van der Waals surface area contributed by atoms with Crippen LogP contribution in [0.15, 0.2) is 9.98 Å². The summed E-state index contributed by atoms with van der Waals surface area (Å²) in [6.07, 6.45) is 26.5. The Bertz CT molecular complexity index is 586. The molecule has 4 rings (SSSR count). The highest BCUT2D eigenvalue weighted by atomic mass is 15.2. The summed E-state index contributed by atoms with van der Waals surface area (Å²) in [4.78, 5) is 10.2. The molecule has 0 aliphatic heterocycles. The molecule has 0 atom stereocenters. The zero-order valence-electron chi connectivity index (χ0n) is 21.8. The van der Waals surface area contributed by atoms with Crippen LogP contribution < -0.4 is 21.3 Å². The minimum Gasteiger partial charge on any atom is -0.355 e. The van der Waals surface area contributed by atoms with Crippen LogP contribution in [0.5, 0.6) is 0 Å². The van der Waals surface area contributed by atoms with Crippen molar-refractivity contribution >= 4 is 11.9 Å². The van der Waals surface area contributed by atoms with Gasteiger partial charge in [-0.3, -0.25) is 4.99 Å². The van der Waals surface area contributed by atoms with Gasteiger partial charge in [0.15, 0.2) is 11.9 Å². The van der Waals surface area contributed by atoms with E-state index in [1.165, 1.54) is 128 Å². The summed E-state index contributed by atoms with van der Waals surface area (Å²) < 4.78 is 0. The molecule has 0 bridgehead atoms. The molecule has 194 valence electrons. The number of rotatable bonds is 7. The molecule has 4 aliphatic rings. The summed E-state index contributed by atoms with van der Waals surface area (Å²) >= 11 is 0. The summed E-state index contributed by atoms with van der Waals surface area (Å²) in [6.45, 7) is 1.62. The van der Waals surface area contributed by atoms with E-state index in [0.717, 1.165) is 25.0 Å². The fourth-order valence-electron chi connectivity index (χ4n) is 6.32. The number of hydrogen-bond donors (Lipinski definition) is 4. The second-order valence-electron chi connectivity index (χ2n) is 11.4. The monoisotopic (exact) mass is 472 g/mol. The largest absolute Gasteiger partial charge is 0.355 e. The molecule has 0 radical (unpaired) electrons. The van der Waals surface area contributed by atoms with Gasteiger partial charge in [0.05, 0.1) is 12.6 Å². The van der Waals surface area contributed by atoms with E-state index in [-0.39, 0.29) is 0 Å². The highest BCUT2D eigenvalue weighted by molar-refractivity contribution is 5.81. The fraction of sp³-hybridized carbons (Fsp3) is 0.929. The quantitative estimate of drug-likeness (QED) is 0.228. The molecule has 4 N–H and O–H groups in total. The van der Waals surface area contributed by atoms with Gasteiger partial charge in [-0.2, -0.15) is 0 Å². The Balaban J connectivity index is 1.31. The van der Waals surface area contributed by atoms with Gasteiger partial charge in [-0.05, 0) is 51.4 Å². The number of hydrogen-bond acceptors (Lipinski definition) is 2. The zero-order chi connectivity index (χ0) is 23.3. The van der Waals surface area contributed by atoms with E-state index >= 15 is 0 Å². The van der Waals surface area contributed by atoms with Gasteiger partial charge in [-0.15, -0.1) is 0 Å². The summed E-state index contributed by atoms with van der Waals surface area (Å²) in [6, 6.07) is 2.26. The Kier molecular flexibility index (Phi) is 11.2. The number of guanidine groups is 2. The number of aliphatic imine (C=N–C) groups is 2. The van der Waals surface area contributed by atoms with Crippen molar-refractivity contribution in [3.63, 3.8) is 0 Å². The summed E-state index contributed by atoms with van der Waals surface area (Å²) in [5.74, 6) is 2.09. The highest BCUT2D eigenvalue weighted by Gasteiger charge is 2.20. The zero-order valence-corrected chi connectivity index (χ0v) is 21.8. The third-order valence-electron chi connectivity index (χ3n) is 8.40. The molecule has 0 amide bonds. The molecule has 4 saturated carbocycles. The molecule has 0 aromatic heterocycles. The normalized spacial score (nSPS) is 24.4. The first kappa shape index (κ1) is 25.6. The molecule has 0 saturated heterocycles. The van der Waals surface area contributed by atoms with Crippen molar-refractivity contribution in [2.24, 2.45) is 9.98 Å². The molecule has 6 heteroatoms. The van der Waals surface area contributed by atoms with Crippen LogP contribution in [0.25, 0.3) is 0 Å². The molecule has 34 heavy (non-hydrogen) atoms. The van der Waals surface area contributed by atoms with Gasteiger partial charge in [0.2, 0.25) is 0 Å². The second kappa shape index (κ2) is 14.8. The molecule has 4 aliphatic carbocycles. The lowest BCUT2D eigenvalue weighted by Crippen LogP contribution is -2.49. The lowest BCUT2D eigenvalue weighted by molar-refractivity contribution is 0.388. The molecule has 0 heterocycles. The van der Waals surface area contributed by atoms with Crippen LogP contribution in [-0.4, -0.2) is 49.2 Å². The number of nitrogens with zero attached hydrogens (tertiary/aromatic N) is 2. The van der Waals surface area contributed by atoms with Gasteiger partial charge in [-0.25, -0.2) is 4.99 Å². The van der Waals surface area contributed by atoms with Crippen LogP contribution in [0.1, 0.15) is 128 Å². The third-order valence-corrected chi connectivity index (χ3v) is 8.40. The van der Waals surface area contributed by atoms with Crippen molar-refractivity contribution in [1.29, 1.82) is 0 Å². The van der Waals surface area contributed by atoms with Crippen molar-refractivity contribution in [3.8, 4) is 0 Å². The molecular weight excluding hydrogens is 420 g/mol. The summed E-state index contributed by atoms with van der Waals surface area (Å²) in [5.41, 5.74) is 0. The molecule has 0 aromatic rings. The Morgan fingerprint density at radius 1 is 0.500 bits per heavy atom. The minimum atomic E-state index is 0.493. The van der Waals surface area contributed by atoms with Gasteiger partial charge in [0, 0.05) is 24.7 Å². The van der Waals surface area contributed by atoms with Gasteiger partial charge < -0.3 is 21.3 Å². The highest BCUT2D eigenvalue weighted by Crippen LogP contribution is 2.21. The second-order valence-corrected chi connectivity index (χ2v) is 11.4. The van der Waals surface area contributed by atoms with E-state index in [1.807, 2.05) is 0 Å². The van der Waals surface area contributed by atoms with E-state index in [2.05, 4.69) is 21.3 Å². The molecule has 0 unspecified atom stereocenters. The van der Waals surface area contributed by atoms with Crippen LogP contribution in [0, 0.1) is 0 Å². The maximum absolute atomic E-state index is 5.15. The average Bonchev–Trinajstić information content (AvgIpc) is 2.89. The van der Waals surface area contributed by atoms with Crippen molar-refractivity contribution in [2.45, 2.75) is 153 Å². The van der Waals surface area contributed by atoms with Crippen LogP contribution >= 0.6 is 0 Å². The van der Waals surface area contributed by atoms with Crippen LogP contribution in [0.4, 0.5) is 0 Å².